The molecule has 3 N–H and O–H groups in total. The van der Waals surface area contributed by atoms with E-state index in [9.17, 15) is 0 Å². The van der Waals surface area contributed by atoms with Gasteiger partial charge in [0.25, 0.3) is 0 Å². The zero-order valence-corrected chi connectivity index (χ0v) is 10.2. The molecule has 1 aromatic heterocycles. The standard InChI is InChI=1S/C14H19N3/c1-7-4-11(16-6-10(7)15)17-14-12-8-2-3-9(5-8)13(12)14/h4,6,8-9,12-14H,2-3,5,15H2,1H3,(H,16,17). The van der Waals surface area contributed by atoms with Gasteiger partial charge in [0.1, 0.15) is 5.82 Å². The average molecular weight is 229 g/mol. The molecular formula is C14H19N3. The van der Waals surface area contributed by atoms with E-state index < -0.39 is 0 Å². The molecular weight excluding hydrogens is 210 g/mol. The van der Waals surface area contributed by atoms with Crippen molar-refractivity contribution in [3.05, 3.63) is 17.8 Å². The number of fused-ring (bicyclic) bond motifs is 5. The summed E-state index contributed by atoms with van der Waals surface area (Å²) in [6.07, 6.45) is 6.21. The van der Waals surface area contributed by atoms with Crippen molar-refractivity contribution in [3.8, 4) is 0 Å². The average Bonchev–Trinajstić information content (AvgIpc) is 2.73. The van der Waals surface area contributed by atoms with E-state index in [0.717, 1.165) is 40.7 Å². The summed E-state index contributed by atoms with van der Waals surface area (Å²) in [5, 5.41) is 3.62. The Hall–Kier alpha value is -1.25. The lowest BCUT2D eigenvalue weighted by Gasteiger charge is -2.12. The van der Waals surface area contributed by atoms with E-state index in [1.807, 2.05) is 6.92 Å². The van der Waals surface area contributed by atoms with Gasteiger partial charge in [-0.15, -0.1) is 0 Å². The van der Waals surface area contributed by atoms with E-state index in [0.29, 0.717) is 6.04 Å². The van der Waals surface area contributed by atoms with E-state index in [4.69, 9.17) is 5.73 Å². The van der Waals surface area contributed by atoms with Crippen LogP contribution in [0.25, 0.3) is 0 Å². The van der Waals surface area contributed by atoms with E-state index in [1.54, 1.807) is 6.20 Å². The summed E-state index contributed by atoms with van der Waals surface area (Å²) < 4.78 is 0. The van der Waals surface area contributed by atoms with Gasteiger partial charge < -0.3 is 11.1 Å². The third-order valence-electron chi connectivity index (χ3n) is 5.20. The summed E-state index contributed by atoms with van der Waals surface area (Å²) in [4.78, 5) is 4.38. The topological polar surface area (TPSA) is 50.9 Å². The van der Waals surface area contributed by atoms with Crippen LogP contribution in [0, 0.1) is 30.6 Å². The number of aryl methyl sites for hydroxylation is 1. The Morgan fingerprint density at radius 2 is 2.00 bits per heavy atom. The lowest BCUT2D eigenvalue weighted by atomic mass is 10.0. The van der Waals surface area contributed by atoms with Crippen LogP contribution in [0.15, 0.2) is 12.3 Å². The predicted molar refractivity (Wildman–Crippen MR) is 68.6 cm³/mol. The molecule has 0 spiro atoms. The number of hydrogen-bond acceptors (Lipinski definition) is 3. The molecule has 0 saturated heterocycles. The van der Waals surface area contributed by atoms with Crippen molar-refractivity contribution < 1.29 is 0 Å². The molecule has 0 amide bonds. The number of aromatic nitrogens is 1. The van der Waals surface area contributed by atoms with Crippen LogP contribution in [-0.4, -0.2) is 11.0 Å². The molecule has 3 aliphatic rings. The van der Waals surface area contributed by atoms with Crippen molar-refractivity contribution in [1.29, 1.82) is 0 Å². The molecule has 1 aromatic rings. The molecule has 2 bridgehead atoms. The van der Waals surface area contributed by atoms with Gasteiger partial charge in [-0.2, -0.15) is 0 Å². The molecule has 3 aliphatic carbocycles. The van der Waals surface area contributed by atoms with Crippen molar-refractivity contribution >= 4 is 11.5 Å². The van der Waals surface area contributed by atoms with Crippen LogP contribution in [0.4, 0.5) is 11.5 Å². The number of pyridine rings is 1. The maximum Gasteiger partial charge on any atom is 0.126 e. The second-order valence-corrected chi connectivity index (χ2v) is 6.08. The SMILES string of the molecule is Cc1cc(NC2C3C4CCC(C4)C23)ncc1N. The highest BCUT2D eigenvalue weighted by atomic mass is 15.1. The summed E-state index contributed by atoms with van der Waals surface area (Å²) >= 11 is 0. The minimum absolute atomic E-state index is 0.705. The summed E-state index contributed by atoms with van der Waals surface area (Å²) in [5.41, 5.74) is 7.70. The molecule has 3 saturated carbocycles. The molecule has 90 valence electrons. The van der Waals surface area contributed by atoms with Crippen LogP contribution in [0.5, 0.6) is 0 Å². The second-order valence-electron chi connectivity index (χ2n) is 6.08. The highest BCUT2D eigenvalue weighted by Gasteiger charge is 2.65. The zero-order chi connectivity index (χ0) is 11.6. The molecule has 3 nitrogen and oxygen atoms in total. The van der Waals surface area contributed by atoms with Gasteiger partial charge in [0.15, 0.2) is 0 Å². The van der Waals surface area contributed by atoms with Crippen LogP contribution in [-0.2, 0) is 0 Å². The highest BCUT2D eigenvalue weighted by molar-refractivity contribution is 5.52. The highest BCUT2D eigenvalue weighted by Crippen LogP contribution is 2.66. The Bertz CT molecular complexity index is 455. The molecule has 0 radical (unpaired) electrons. The maximum absolute atomic E-state index is 5.79. The molecule has 0 aliphatic heterocycles. The lowest BCUT2D eigenvalue weighted by molar-refractivity contribution is 0.456. The fourth-order valence-corrected chi connectivity index (χ4v) is 4.33. The predicted octanol–water partition coefficient (Wildman–Crippen LogP) is 2.43. The normalized spacial score (nSPS) is 41.4. The Morgan fingerprint density at radius 3 is 2.65 bits per heavy atom. The number of nitrogens with one attached hydrogen (secondary N) is 1. The minimum Gasteiger partial charge on any atom is -0.397 e. The van der Waals surface area contributed by atoms with Gasteiger partial charge in [0.05, 0.1) is 11.9 Å². The Labute approximate surface area is 102 Å². The van der Waals surface area contributed by atoms with Crippen LogP contribution >= 0.6 is 0 Å². The molecule has 4 atom stereocenters. The molecule has 4 rings (SSSR count). The van der Waals surface area contributed by atoms with Gasteiger partial charge in [0.2, 0.25) is 0 Å². The number of rotatable bonds is 2. The number of nitrogens with zero attached hydrogens (tertiary/aromatic N) is 1. The Morgan fingerprint density at radius 1 is 1.29 bits per heavy atom. The first-order chi connectivity index (χ1) is 8.24. The first kappa shape index (κ1) is 9.75. The number of hydrogen-bond donors (Lipinski definition) is 2. The first-order valence-corrected chi connectivity index (χ1v) is 6.72. The Balaban J connectivity index is 1.51. The first-order valence-electron chi connectivity index (χ1n) is 6.72. The largest absolute Gasteiger partial charge is 0.397 e. The summed E-state index contributed by atoms with van der Waals surface area (Å²) in [7, 11) is 0. The van der Waals surface area contributed by atoms with E-state index >= 15 is 0 Å². The van der Waals surface area contributed by atoms with E-state index in [1.165, 1.54) is 19.3 Å². The van der Waals surface area contributed by atoms with Crippen LogP contribution in [0.2, 0.25) is 0 Å². The third kappa shape index (κ3) is 1.31. The molecule has 3 fully saturated rings. The number of nitrogens with two attached hydrogens (primary N) is 1. The van der Waals surface area contributed by atoms with Crippen LogP contribution in [0.3, 0.4) is 0 Å². The monoisotopic (exact) mass is 229 g/mol. The van der Waals surface area contributed by atoms with Gasteiger partial charge in [-0.1, -0.05) is 0 Å². The van der Waals surface area contributed by atoms with Crippen molar-refractivity contribution in [3.63, 3.8) is 0 Å². The lowest BCUT2D eigenvalue weighted by Crippen LogP contribution is -2.13. The molecule has 0 aromatic carbocycles. The number of nitrogen functional groups attached to an aromatic ring is 1. The third-order valence-corrected chi connectivity index (χ3v) is 5.20. The van der Waals surface area contributed by atoms with Gasteiger partial charge in [0, 0.05) is 6.04 Å². The number of anilines is 2. The van der Waals surface area contributed by atoms with Gasteiger partial charge >= 0.3 is 0 Å². The second kappa shape index (κ2) is 3.15. The minimum atomic E-state index is 0.705. The quantitative estimate of drug-likeness (QED) is 0.819. The summed E-state index contributed by atoms with van der Waals surface area (Å²) in [6, 6.07) is 2.78. The fraction of sp³-hybridized carbons (Fsp3) is 0.643. The van der Waals surface area contributed by atoms with E-state index in [-0.39, 0.29) is 0 Å². The molecule has 17 heavy (non-hydrogen) atoms. The van der Waals surface area contributed by atoms with E-state index in [2.05, 4.69) is 16.4 Å². The van der Waals surface area contributed by atoms with Gasteiger partial charge in [-0.05, 0) is 61.5 Å². The van der Waals surface area contributed by atoms with Crippen molar-refractivity contribution in [1.82, 2.24) is 4.98 Å². The molecule has 4 unspecified atom stereocenters. The van der Waals surface area contributed by atoms with Crippen molar-refractivity contribution in [2.24, 2.45) is 23.7 Å². The summed E-state index contributed by atoms with van der Waals surface area (Å²) in [6.45, 7) is 2.04. The van der Waals surface area contributed by atoms with Crippen LogP contribution < -0.4 is 11.1 Å². The maximum atomic E-state index is 5.79. The summed E-state index contributed by atoms with van der Waals surface area (Å²) in [5.74, 6) is 4.94. The fourth-order valence-electron chi connectivity index (χ4n) is 4.33. The van der Waals surface area contributed by atoms with Gasteiger partial charge in [-0.3, -0.25) is 0 Å². The Kier molecular flexibility index (Phi) is 1.81. The van der Waals surface area contributed by atoms with Crippen molar-refractivity contribution in [2.45, 2.75) is 32.2 Å². The molecule has 1 heterocycles. The van der Waals surface area contributed by atoms with Crippen LogP contribution in [0.1, 0.15) is 24.8 Å². The smallest absolute Gasteiger partial charge is 0.126 e. The molecule has 3 heteroatoms. The zero-order valence-electron chi connectivity index (χ0n) is 10.2. The van der Waals surface area contributed by atoms with Gasteiger partial charge in [-0.25, -0.2) is 4.98 Å². The van der Waals surface area contributed by atoms with Crippen molar-refractivity contribution in [2.75, 3.05) is 11.1 Å².